The van der Waals surface area contributed by atoms with Crippen LogP contribution in [0.25, 0.3) is 11.3 Å². The highest BCUT2D eigenvalue weighted by molar-refractivity contribution is 5.93. The largest absolute Gasteiger partial charge is 0.573 e. The highest BCUT2D eigenvalue weighted by Gasteiger charge is 2.31. The number of rotatable bonds is 9. The van der Waals surface area contributed by atoms with Crippen LogP contribution in [0, 0.1) is 0 Å². The van der Waals surface area contributed by atoms with Gasteiger partial charge in [-0.1, -0.05) is 12.1 Å². The molecule has 0 bridgehead atoms. The molecular weight excluding hydrogens is 469 g/mol. The molecule has 3 aromatic rings. The molecule has 0 radical (unpaired) electrons. The molecule has 2 aromatic carbocycles. The number of ether oxygens (including phenoxy) is 3. The second kappa shape index (κ2) is 10.9. The topological polar surface area (TPSA) is 115 Å². The summed E-state index contributed by atoms with van der Waals surface area (Å²) in [5.41, 5.74) is 1.37. The van der Waals surface area contributed by atoms with E-state index in [1.165, 1.54) is 44.6 Å². The van der Waals surface area contributed by atoms with Crippen LogP contribution in [0.1, 0.15) is 17.3 Å². The van der Waals surface area contributed by atoms with Gasteiger partial charge in [0.15, 0.2) is 0 Å². The standard InChI is InChI=1S/C23H23F3N4O5/c1-13(12-31)27-22-29-18(14-5-4-6-16(9-14)35-23(24,25)26)11-20(30-22)28-15-7-8-17(21(32)34-3)19(10-15)33-2/h4-11,13,31H,12H2,1-3H3,(H2,27,28,29,30)/t13-/m1/s1. The van der Waals surface area contributed by atoms with E-state index in [1.54, 1.807) is 25.1 Å². The van der Waals surface area contributed by atoms with Gasteiger partial charge in [0.05, 0.1) is 26.5 Å². The van der Waals surface area contributed by atoms with Crippen molar-refractivity contribution in [2.75, 3.05) is 31.5 Å². The van der Waals surface area contributed by atoms with E-state index in [2.05, 4.69) is 25.3 Å². The normalized spacial score (nSPS) is 12.0. The third-order valence-corrected chi connectivity index (χ3v) is 4.62. The Hall–Kier alpha value is -4.06. The molecule has 3 N–H and O–H groups in total. The third-order valence-electron chi connectivity index (χ3n) is 4.62. The van der Waals surface area contributed by atoms with Crippen molar-refractivity contribution in [2.24, 2.45) is 0 Å². The van der Waals surface area contributed by atoms with Crippen LogP contribution in [0.3, 0.4) is 0 Å². The molecule has 0 aliphatic heterocycles. The number of benzene rings is 2. The van der Waals surface area contributed by atoms with Crippen molar-refractivity contribution in [1.82, 2.24) is 9.97 Å². The van der Waals surface area contributed by atoms with Crippen molar-refractivity contribution >= 4 is 23.4 Å². The second-order valence-corrected chi connectivity index (χ2v) is 7.30. The zero-order valence-corrected chi connectivity index (χ0v) is 19.0. The van der Waals surface area contributed by atoms with Gasteiger partial charge in [0.1, 0.15) is 22.9 Å². The summed E-state index contributed by atoms with van der Waals surface area (Å²) < 4.78 is 52.0. The van der Waals surface area contributed by atoms with E-state index >= 15 is 0 Å². The van der Waals surface area contributed by atoms with Gasteiger partial charge in [0, 0.05) is 29.4 Å². The van der Waals surface area contributed by atoms with Gasteiger partial charge in [0.25, 0.3) is 0 Å². The number of aromatic nitrogens is 2. The fraction of sp³-hybridized carbons (Fsp3) is 0.261. The number of nitrogens with one attached hydrogen (secondary N) is 2. The molecule has 0 aliphatic rings. The fourth-order valence-corrected chi connectivity index (χ4v) is 3.04. The van der Waals surface area contributed by atoms with Gasteiger partial charge in [-0.15, -0.1) is 13.2 Å². The predicted molar refractivity (Wildman–Crippen MR) is 122 cm³/mol. The summed E-state index contributed by atoms with van der Waals surface area (Å²) in [5, 5.41) is 15.4. The smallest absolute Gasteiger partial charge is 0.496 e. The average Bonchev–Trinajstić information content (AvgIpc) is 2.82. The number of aliphatic hydroxyl groups excluding tert-OH is 1. The number of hydrogen-bond donors (Lipinski definition) is 3. The molecule has 0 spiro atoms. The Bertz CT molecular complexity index is 1190. The van der Waals surface area contributed by atoms with Gasteiger partial charge in [0.2, 0.25) is 5.95 Å². The Kier molecular flexibility index (Phi) is 7.97. The quantitative estimate of drug-likeness (QED) is 0.375. The molecule has 0 fully saturated rings. The first kappa shape index (κ1) is 25.6. The van der Waals surface area contributed by atoms with Gasteiger partial charge >= 0.3 is 12.3 Å². The van der Waals surface area contributed by atoms with E-state index in [-0.39, 0.29) is 29.7 Å². The maximum Gasteiger partial charge on any atom is 0.573 e. The SMILES string of the molecule is COC(=O)c1ccc(Nc2cc(-c3cccc(OC(F)(F)F)c3)nc(N[C@H](C)CO)n2)cc1OC. The molecule has 0 saturated heterocycles. The molecular formula is C23H23F3N4O5. The van der Waals surface area contributed by atoms with Crippen LogP contribution in [0.2, 0.25) is 0 Å². The molecule has 0 aliphatic carbocycles. The molecule has 1 heterocycles. The highest BCUT2D eigenvalue weighted by atomic mass is 19.4. The van der Waals surface area contributed by atoms with Crippen LogP contribution >= 0.6 is 0 Å². The van der Waals surface area contributed by atoms with E-state index in [9.17, 15) is 23.1 Å². The minimum atomic E-state index is -4.84. The van der Waals surface area contributed by atoms with Gasteiger partial charge < -0.3 is 30.0 Å². The number of nitrogens with zero attached hydrogens (tertiary/aromatic N) is 2. The van der Waals surface area contributed by atoms with Gasteiger partial charge in [-0.3, -0.25) is 0 Å². The number of aliphatic hydroxyl groups is 1. The van der Waals surface area contributed by atoms with Crippen molar-refractivity contribution in [3.05, 3.63) is 54.1 Å². The maximum atomic E-state index is 12.7. The monoisotopic (exact) mass is 492 g/mol. The van der Waals surface area contributed by atoms with Crippen LogP contribution in [0.5, 0.6) is 11.5 Å². The summed E-state index contributed by atoms with van der Waals surface area (Å²) in [7, 11) is 2.66. The first-order valence-corrected chi connectivity index (χ1v) is 10.3. The van der Waals surface area contributed by atoms with Crippen LogP contribution in [0.4, 0.5) is 30.6 Å². The summed E-state index contributed by atoms with van der Waals surface area (Å²) in [4.78, 5) is 20.6. The maximum absolute atomic E-state index is 12.7. The molecule has 0 amide bonds. The predicted octanol–water partition coefficient (Wildman–Crippen LogP) is 4.37. The van der Waals surface area contributed by atoms with E-state index in [0.29, 0.717) is 16.9 Å². The van der Waals surface area contributed by atoms with Crippen LogP contribution in [0.15, 0.2) is 48.5 Å². The Balaban J connectivity index is 1.99. The Labute approximate surface area is 198 Å². The molecule has 3 rings (SSSR count). The van der Waals surface area contributed by atoms with Crippen molar-refractivity contribution in [1.29, 1.82) is 0 Å². The molecule has 12 heteroatoms. The number of hydrogen-bond acceptors (Lipinski definition) is 9. The molecule has 0 unspecified atom stereocenters. The first-order valence-electron chi connectivity index (χ1n) is 10.3. The van der Waals surface area contributed by atoms with Crippen LogP contribution in [-0.4, -0.2) is 54.3 Å². The summed E-state index contributed by atoms with van der Waals surface area (Å²) in [6.07, 6.45) is -4.84. The van der Waals surface area contributed by atoms with E-state index < -0.39 is 24.1 Å². The number of anilines is 3. The number of halogens is 3. The lowest BCUT2D eigenvalue weighted by molar-refractivity contribution is -0.274. The second-order valence-electron chi connectivity index (χ2n) is 7.30. The minimum Gasteiger partial charge on any atom is -0.496 e. The molecule has 1 atom stereocenters. The molecule has 1 aromatic heterocycles. The number of methoxy groups -OCH3 is 2. The van der Waals surface area contributed by atoms with Crippen LogP contribution in [-0.2, 0) is 4.74 Å². The van der Waals surface area contributed by atoms with E-state index in [4.69, 9.17) is 9.47 Å². The third kappa shape index (κ3) is 6.96. The number of carbonyl (C=O) groups is 1. The number of carbonyl (C=O) groups excluding carboxylic acids is 1. The molecule has 0 saturated carbocycles. The Morgan fingerprint density at radius 2 is 1.89 bits per heavy atom. The first-order chi connectivity index (χ1) is 16.6. The lowest BCUT2D eigenvalue weighted by Crippen LogP contribution is -2.21. The van der Waals surface area contributed by atoms with E-state index in [0.717, 1.165) is 0 Å². The lowest BCUT2D eigenvalue weighted by Gasteiger charge is -2.15. The van der Waals surface area contributed by atoms with Crippen molar-refractivity contribution in [3.8, 4) is 22.8 Å². The number of alkyl halides is 3. The summed E-state index contributed by atoms with van der Waals surface area (Å²) in [6, 6.07) is 11.2. The fourth-order valence-electron chi connectivity index (χ4n) is 3.04. The molecule has 186 valence electrons. The highest BCUT2D eigenvalue weighted by Crippen LogP contribution is 2.30. The van der Waals surface area contributed by atoms with Crippen LogP contribution < -0.4 is 20.1 Å². The average molecular weight is 492 g/mol. The molecule has 35 heavy (non-hydrogen) atoms. The van der Waals surface area contributed by atoms with Gasteiger partial charge in [-0.25, -0.2) is 9.78 Å². The lowest BCUT2D eigenvalue weighted by atomic mass is 10.1. The van der Waals surface area contributed by atoms with Crippen molar-refractivity contribution in [2.45, 2.75) is 19.3 Å². The Morgan fingerprint density at radius 3 is 2.54 bits per heavy atom. The summed E-state index contributed by atoms with van der Waals surface area (Å²) in [6.45, 7) is 1.51. The minimum absolute atomic E-state index is 0.131. The summed E-state index contributed by atoms with van der Waals surface area (Å²) in [5.74, 6) is -0.280. The number of esters is 1. The van der Waals surface area contributed by atoms with E-state index in [1.807, 2.05) is 0 Å². The molecule has 9 nitrogen and oxygen atoms in total. The van der Waals surface area contributed by atoms with Gasteiger partial charge in [-0.2, -0.15) is 4.98 Å². The summed E-state index contributed by atoms with van der Waals surface area (Å²) >= 11 is 0. The zero-order chi connectivity index (χ0) is 25.6. The van der Waals surface area contributed by atoms with Gasteiger partial charge in [-0.05, 0) is 31.2 Å². The van der Waals surface area contributed by atoms with Crippen molar-refractivity contribution in [3.63, 3.8) is 0 Å². The Morgan fingerprint density at radius 1 is 1.11 bits per heavy atom. The zero-order valence-electron chi connectivity index (χ0n) is 19.0. The van der Waals surface area contributed by atoms with Crippen molar-refractivity contribution < 1.29 is 37.3 Å².